The van der Waals surface area contributed by atoms with Crippen LogP contribution >= 0.6 is 15.6 Å². The molecule has 20 nitrogen and oxygen atoms in total. The van der Waals surface area contributed by atoms with Crippen LogP contribution in [0.1, 0.15) is 6.23 Å². The van der Waals surface area contributed by atoms with Gasteiger partial charge in [-0.25, -0.2) is 14.1 Å². The molecule has 2 aliphatic heterocycles. The van der Waals surface area contributed by atoms with Crippen LogP contribution in [0.15, 0.2) is 11.1 Å². The molecule has 232 valence electrons. The Labute approximate surface area is 223 Å². The van der Waals surface area contributed by atoms with Crippen molar-refractivity contribution in [3.8, 4) is 0 Å². The summed E-state index contributed by atoms with van der Waals surface area (Å²) in [7, 11) is -11.6. The normalized spacial score (nSPS) is 35.8. The first kappa shape index (κ1) is 31.8. The highest BCUT2D eigenvalue weighted by Crippen LogP contribution is 2.61. The molecule has 0 spiro atoms. The Balaban J connectivity index is 1.40. The number of aliphatic hydroxyl groups excluding tert-OH is 5. The molecule has 25 heteroatoms. The number of hydrogen-bond acceptors (Lipinski definition) is 16. The van der Waals surface area contributed by atoms with Crippen molar-refractivity contribution in [1.82, 2.24) is 19.5 Å². The van der Waals surface area contributed by atoms with E-state index in [4.69, 9.17) is 10.5 Å². The molecule has 0 radical (unpaired) electrons. The lowest BCUT2D eigenvalue weighted by atomic mass is 9.99. The minimum atomic E-state index is -5.92. The first-order valence-corrected chi connectivity index (χ1v) is 14.0. The number of halogens is 3. The minimum absolute atomic E-state index is 0.170. The van der Waals surface area contributed by atoms with E-state index in [1.807, 2.05) is 0 Å². The Hall–Kier alpha value is -2.08. The molecule has 4 heterocycles. The Kier molecular flexibility index (Phi) is 8.70. The molecule has 2 aromatic heterocycles. The third kappa shape index (κ3) is 6.63. The quantitative estimate of drug-likeness (QED) is 0.129. The molecular weight excluding hydrogens is 621 g/mol. The fourth-order valence-electron chi connectivity index (χ4n) is 3.90. The number of H-pyrrole nitrogens is 1. The number of rotatable bonds is 8. The van der Waals surface area contributed by atoms with Gasteiger partial charge in [-0.1, -0.05) is 0 Å². The molecule has 0 saturated carbocycles. The summed E-state index contributed by atoms with van der Waals surface area (Å²) in [5.41, 5.74) is 4.37. The molecule has 4 rings (SSSR count). The van der Waals surface area contributed by atoms with Crippen LogP contribution in [0.25, 0.3) is 11.2 Å². The van der Waals surface area contributed by atoms with Gasteiger partial charge in [-0.05, 0) is 0 Å². The lowest BCUT2D eigenvalue weighted by Crippen LogP contribution is -2.61. The topological polar surface area (TPSA) is 311 Å². The van der Waals surface area contributed by atoms with Gasteiger partial charge in [-0.3, -0.25) is 23.4 Å². The molecule has 2 fully saturated rings. The molecular formula is C16H22F3N5O15P2. The van der Waals surface area contributed by atoms with Crippen molar-refractivity contribution in [3.63, 3.8) is 0 Å². The summed E-state index contributed by atoms with van der Waals surface area (Å²) in [6.07, 6.45) is -24.9. The summed E-state index contributed by atoms with van der Waals surface area (Å²) in [4.78, 5) is 41.4. The number of nitrogen functional groups attached to an aromatic ring is 1. The average Bonchev–Trinajstić information content (AvgIpc) is 3.37. The zero-order valence-electron chi connectivity index (χ0n) is 19.8. The fourth-order valence-corrected chi connectivity index (χ4v) is 6.06. The van der Waals surface area contributed by atoms with Gasteiger partial charge in [0.25, 0.3) is 5.56 Å². The highest BCUT2D eigenvalue weighted by molar-refractivity contribution is 7.61. The number of aliphatic hydroxyl groups is 5. The zero-order chi connectivity index (χ0) is 30.7. The van der Waals surface area contributed by atoms with E-state index in [9.17, 15) is 62.4 Å². The predicted molar refractivity (Wildman–Crippen MR) is 119 cm³/mol. The molecule has 0 amide bonds. The average molecular weight is 643 g/mol. The SMILES string of the molecule is Nc1nc2c(ncn2[C@@H]2O[C@H](COP(=O)(O)OP(=O)(O)O[C@H]3O[C@@H](C(F)(F)F)[C@@H](O)[C@@H](O)[C@@H]3O)[C@@H](O)[C@H]2O)c(=O)[nH]1. The van der Waals surface area contributed by atoms with Crippen molar-refractivity contribution in [2.45, 2.75) is 61.4 Å². The Morgan fingerprint density at radius 2 is 1.68 bits per heavy atom. The molecule has 41 heavy (non-hydrogen) atoms. The highest BCUT2D eigenvalue weighted by Gasteiger charge is 2.57. The van der Waals surface area contributed by atoms with Crippen molar-refractivity contribution in [1.29, 1.82) is 0 Å². The Bertz CT molecular complexity index is 1430. The number of aromatic amines is 1. The summed E-state index contributed by atoms with van der Waals surface area (Å²) in [5, 5.41) is 49.5. The van der Waals surface area contributed by atoms with Crippen LogP contribution in [0.3, 0.4) is 0 Å². The first-order valence-electron chi connectivity index (χ1n) is 11.0. The van der Waals surface area contributed by atoms with Gasteiger partial charge in [0.2, 0.25) is 5.95 Å². The fraction of sp³-hybridized carbons (Fsp3) is 0.688. The van der Waals surface area contributed by atoms with E-state index in [0.717, 1.165) is 10.9 Å². The van der Waals surface area contributed by atoms with E-state index in [1.165, 1.54) is 0 Å². The number of phosphoric acid groups is 2. The number of aromatic nitrogens is 4. The van der Waals surface area contributed by atoms with Gasteiger partial charge in [0.05, 0.1) is 12.9 Å². The molecule has 2 saturated heterocycles. The minimum Gasteiger partial charge on any atom is -0.387 e. The zero-order valence-corrected chi connectivity index (χ0v) is 21.6. The van der Waals surface area contributed by atoms with Gasteiger partial charge in [-0.15, -0.1) is 0 Å². The number of phosphoric ester groups is 2. The number of ether oxygens (including phenoxy) is 2. The number of alkyl halides is 3. The second-order valence-electron chi connectivity index (χ2n) is 8.68. The van der Waals surface area contributed by atoms with Crippen LogP contribution in [0.2, 0.25) is 0 Å². The summed E-state index contributed by atoms with van der Waals surface area (Å²) in [6, 6.07) is 0. The monoisotopic (exact) mass is 643 g/mol. The Morgan fingerprint density at radius 3 is 2.32 bits per heavy atom. The van der Waals surface area contributed by atoms with Crippen molar-refractivity contribution in [2.75, 3.05) is 12.3 Å². The summed E-state index contributed by atoms with van der Waals surface area (Å²) in [6.45, 7) is -1.12. The molecule has 0 bridgehead atoms. The molecule has 0 aromatic carbocycles. The van der Waals surface area contributed by atoms with Gasteiger partial charge in [0, 0.05) is 0 Å². The molecule has 11 atom stereocenters. The summed E-state index contributed by atoms with van der Waals surface area (Å²) in [5.74, 6) is -0.322. The van der Waals surface area contributed by atoms with Crippen LogP contribution in [0, 0.1) is 0 Å². The van der Waals surface area contributed by atoms with Crippen molar-refractivity contribution >= 4 is 32.8 Å². The van der Waals surface area contributed by atoms with Crippen LogP contribution in [-0.4, -0.2) is 117 Å². The number of imidazole rings is 1. The van der Waals surface area contributed by atoms with Crippen LogP contribution in [0.4, 0.5) is 19.1 Å². The molecule has 2 aliphatic rings. The number of fused-ring (bicyclic) bond motifs is 1. The van der Waals surface area contributed by atoms with E-state index in [-0.39, 0.29) is 17.1 Å². The summed E-state index contributed by atoms with van der Waals surface area (Å²) < 4.78 is 86.7. The van der Waals surface area contributed by atoms with Crippen molar-refractivity contribution in [3.05, 3.63) is 16.7 Å². The first-order chi connectivity index (χ1) is 18.8. The second kappa shape index (κ2) is 11.2. The summed E-state index contributed by atoms with van der Waals surface area (Å²) >= 11 is 0. The smallest absolute Gasteiger partial charge is 0.387 e. The number of hydrogen-bond donors (Lipinski definition) is 9. The number of nitrogens with two attached hydrogens (primary N) is 1. The van der Waals surface area contributed by atoms with Crippen LogP contribution in [-0.2, 0) is 32.0 Å². The van der Waals surface area contributed by atoms with Crippen molar-refractivity contribution < 1.29 is 80.5 Å². The van der Waals surface area contributed by atoms with Crippen LogP contribution < -0.4 is 11.3 Å². The van der Waals surface area contributed by atoms with Crippen LogP contribution in [0.5, 0.6) is 0 Å². The maximum absolute atomic E-state index is 13.0. The van der Waals surface area contributed by atoms with E-state index >= 15 is 0 Å². The Morgan fingerprint density at radius 1 is 1.02 bits per heavy atom. The predicted octanol–water partition coefficient (Wildman–Crippen LogP) is -3.06. The standard InChI is InChI=1S/C16H22F3N5O15P2/c17-16(18,19)10-7(27)6(26)9(29)14(37-10)38-41(33,34)39-40(31,32)35-1-3-5(25)8(28)13(36-3)24-2-21-4-11(24)22-15(20)23-12(4)30/h2-3,5-10,13-14,25-29H,1H2,(H,31,32)(H,33,34)(H3,20,22,23,30)/t3-,5-,6-,7+,8-,9+,10-,13-,14-/m1/s1. The third-order valence-electron chi connectivity index (χ3n) is 5.80. The maximum atomic E-state index is 13.0. The van der Waals surface area contributed by atoms with E-state index in [2.05, 4.69) is 33.0 Å². The molecule has 2 aromatic rings. The maximum Gasteiger partial charge on any atom is 0.483 e. The molecule has 0 aliphatic carbocycles. The van der Waals surface area contributed by atoms with Gasteiger partial charge in [0.1, 0.15) is 36.6 Å². The second-order valence-corrected chi connectivity index (χ2v) is 11.7. The largest absolute Gasteiger partial charge is 0.483 e. The van der Waals surface area contributed by atoms with Gasteiger partial charge in [0.15, 0.2) is 29.8 Å². The number of nitrogens with one attached hydrogen (secondary N) is 1. The number of nitrogens with zero attached hydrogens (tertiary/aromatic N) is 3. The number of anilines is 1. The van der Waals surface area contributed by atoms with Gasteiger partial charge >= 0.3 is 21.8 Å². The molecule has 10 N–H and O–H groups in total. The lowest BCUT2D eigenvalue weighted by molar-refractivity contribution is -0.341. The third-order valence-corrected chi connectivity index (χ3v) is 8.40. The van der Waals surface area contributed by atoms with Gasteiger partial charge < -0.3 is 50.5 Å². The van der Waals surface area contributed by atoms with E-state index < -0.39 is 89.2 Å². The van der Waals surface area contributed by atoms with E-state index in [1.54, 1.807) is 0 Å². The highest BCUT2D eigenvalue weighted by atomic mass is 31.3. The van der Waals surface area contributed by atoms with Gasteiger partial charge in [-0.2, -0.15) is 22.5 Å². The van der Waals surface area contributed by atoms with Crippen molar-refractivity contribution in [2.24, 2.45) is 0 Å². The molecule has 2 unspecified atom stereocenters. The van der Waals surface area contributed by atoms with E-state index in [0.29, 0.717) is 0 Å². The lowest BCUT2D eigenvalue weighted by Gasteiger charge is -2.40.